The van der Waals surface area contributed by atoms with Crippen molar-refractivity contribution in [1.29, 1.82) is 5.26 Å². The number of carbonyl (C=O) groups excluding carboxylic acids is 2. The average molecular weight is 480 g/mol. The van der Waals surface area contributed by atoms with E-state index in [1.807, 2.05) is 13.0 Å². The Hall–Kier alpha value is -4.23. The average Bonchev–Trinajstić information content (AvgIpc) is 3.36. The second-order valence-electron chi connectivity index (χ2n) is 7.29. The van der Waals surface area contributed by atoms with Gasteiger partial charge in [-0.1, -0.05) is 12.1 Å². The minimum atomic E-state index is -0.710. The minimum Gasteiger partial charge on any atom is -0.462 e. The number of rotatable bonds is 7. The van der Waals surface area contributed by atoms with Crippen LogP contribution in [0.1, 0.15) is 39.0 Å². The summed E-state index contributed by atoms with van der Waals surface area (Å²) >= 11 is 1.22. The Morgan fingerprint density at radius 2 is 2.00 bits per heavy atom. The summed E-state index contributed by atoms with van der Waals surface area (Å²) in [5.74, 6) is -0.696. The van der Waals surface area contributed by atoms with Crippen LogP contribution in [0.5, 0.6) is 0 Å². The number of ether oxygens (including phenoxy) is 1. The third kappa shape index (κ3) is 5.05. The lowest BCUT2D eigenvalue weighted by Gasteiger charge is -2.06. The van der Waals surface area contributed by atoms with E-state index in [0.717, 1.165) is 4.88 Å². The molecule has 2 aromatic heterocycles. The van der Waals surface area contributed by atoms with E-state index in [9.17, 15) is 25.0 Å². The van der Waals surface area contributed by atoms with Crippen LogP contribution in [0, 0.1) is 42.2 Å². The first kappa shape index (κ1) is 24.4. The number of carbonyl (C=O) groups is 2. The molecule has 0 unspecified atom stereocenters. The second kappa shape index (κ2) is 10.1. The molecule has 174 valence electrons. The summed E-state index contributed by atoms with van der Waals surface area (Å²) < 4.78 is 10.8. The molecule has 0 spiro atoms. The number of nitrogens with zero attached hydrogens (tertiary/aromatic N) is 2. The van der Waals surface area contributed by atoms with Gasteiger partial charge in [0.1, 0.15) is 28.2 Å². The predicted octanol–water partition coefficient (Wildman–Crippen LogP) is 5.56. The molecule has 1 amide bonds. The summed E-state index contributed by atoms with van der Waals surface area (Å²) in [7, 11) is 0. The van der Waals surface area contributed by atoms with Crippen LogP contribution in [-0.2, 0) is 9.53 Å². The van der Waals surface area contributed by atoms with E-state index in [1.165, 1.54) is 23.5 Å². The fourth-order valence-corrected chi connectivity index (χ4v) is 4.21. The van der Waals surface area contributed by atoms with Crippen LogP contribution in [0.2, 0.25) is 0 Å². The fourth-order valence-electron chi connectivity index (χ4n) is 3.17. The molecular weight excluding hydrogens is 458 g/mol. The molecule has 0 aliphatic heterocycles. The van der Waals surface area contributed by atoms with E-state index in [0.29, 0.717) is 27.5 Å². The Morgan fingerprint density at radius 1 is 1.26 bits per heavy atom. The van der Waals surface area contributed by atoms with Crippen molar-refractivity contribution in [3.63, 3.8) is 0 Å². The summed E-state index contributed by atoms with van der Waals surface area (Å²) in [5, 5.41) is 23.6. The Morgan fingerprint density at radius 3 is 2.65 bits per heavy atom. The van der Waals surface area contributed by atoms with E-state index < -0.39 is 16.8 Å². The lowest BCUT2D eigenvalue weighted by molar-refractivity contribution is -0.385. The molecule has 0 atom stereocenters. The smallest absolute Gasteiger partial charge is 0.341 e. The van der Waals surface area contributed by atoms with Gasteiger partial charge in [-0.25, -0.2) is 4.79 Å². The molecule has 10 heteroatoms. The summed E-state index contributed by atoms with van der Waals surface area (Å²) in [6.07, 6.45) is 1.26. The summed E-state index contributed by atoms with van der Waals surface area (Å²) in [6.45, 7) is 7.09. The van der Waals surface area contributed by atoms with E-state index in [-0.39, 0.29) is 29.2 Å². The van der Waals surface area contributed by atoms with E-state index >= 15 is 0 Å². The second-order valence-corrected chi connectivity index (χ2v) is 8.52. The Labute approximate surface area is 199 Å². The van der Waals surface area contributed by atoms with Gasteiger partial charge in [-0.05, 0) is 45.4 Å². The molecule has 0 saturated heterocycles. The number of anilines is 1. The number of amides is 1. The molecule has 34 heavy (non-hydrogen) atoms. The molecule has 0 radical (unpaired) electrons. The molecule has 1 aromatic carbocycles. The highest BCUT2D eigenvalue weighted by Gasteiger charge is 2.23. The standard InChI is InChI=1S/C24H21N3O6S/c1-5-32-24(29)21-14(3)15(4)34-23(21)26-22(28)17(12-25)10-18-8-9-20(33-18)16-7-6-13(2)19(11-16)27(30)31/h6-11H,5H2,1-4H3,(H,26,28)/b17-10+. The third-order valence-corrected chi connectivity index (χ3v) is 6.18. The van der Waals surface area contributed by atoms with Crippen molar-refractivity contribution in [3.8, 4) is 17.4 Å². The number of aryl methyl sites for hydroxylation is 2. The maximum absolute atomic E-state index is 12.8. The highest BCUT2D eigenvalue weighted by molar-refractivity contribution is 7.16. The van der Waals surface area contributed by atoms with Crippen molar-refractivity contribution in [2.45, 2.75) is 27.7 Å². The molecule has 0 bridgehead atoms. The van der Waals surface area contributed by atoms with Crippen LogP contribution in [0.25, 0.3) is 17.4 Å². The normalized spacial score (nSPS) is 11.1. The number of nitriles is 1. The molecule has 1 N–H and O–H groups in total. The molecule has 3 aromatic rings. The number of benzene rings is 1. The van der Waals surface area contributed by atoms with Gasteiger partial charge in [0.05, 0.1) is 17.1 Å². The van der Waals surface area contributed by atoms with Crippen molar-refractivity contribution in [1.82, 2.24) is 0 Å². The summed E-state index contributed by atoms with van der Waals surface area (Å²) in [6, 6.07) is 9.68. The molecule has 2 heterocycles. The first-order valence-electron chi connectivity index (χ1n) is 10.2. The first-order valence-corrected chi connectivity index (χ1v) is 11.0. The molecule has 9 nitrogen and oxygen atoms in total. The number of nitro groups is 1. The van der Waals surface area contributed by atoms with Gasteiger partial charge in [0, 0.05) is 28.1 Å². The van der Waals surface area contributed by atoms with Crippen LogP contribution < -0.4 is 5.32 Å². The maximum atomic E-state index is 12.8. The van der Waals surface area contributed by atoms with E-state index in [1.54, 1.807) is 45.0 Å². The largest absolute Gasteiger partial charge is 0.462 e. The molecule has 0 aliphatic carbocycles. The van der Waals surface area contributed by atoms with Gasteiger partial charge in [0.15, 0.2) is 0 Å². The van der Waals surface area contributed by atoms with Crippen LogP contribution >= 0.6 is 11.3 Å². The zero-order valence-corrected chi connectivity index (χ0v) is 19.7. The molecule has 0 saturated carbocycles. The number of hydrogen-bond acceptors (Lipinski definition) is 8. The summed E-state index contributed by atoms with van der Waals surface area (Å²) in [5.41, 5.74) is 1.69. The molecule has 0 aliphatic rings. The topological polar surface area (TPSA) is 135 Å². The van der Waals surface area contributed by atoms with Crippen LogP contribution in [0.15, 0.2) is 40.3 Å². The highest BCUT2D eigenvalue weighted by Crippen LogP contribution is 2.34. The zero-order valence-electron chi connectivity index (χ0n) is 18.9. The zero-order chi connectivity index (χ0) is 25.0. The Balaban J connectivity index is 1.87. The molecule has 3 rings (SSSR count). The highest BCUT2D eigenvalue weighted by atomic mass is 32.1. The minimum absolute atomic E-state index is 0.0398. The van der Waals surface area contributed by atoms with Crippen molar-refractivity contribution in [2.75, 3.05) is 11.9 Å². The van der Waals surface area contributed by atoms with E-state index in [2.05, 4.69) is 5.32 Å². The van der Waals surface area contributed by atoms with Gasteiger partial charge in [0.2, 0.25) is 0 Å². The number of nitrogens with one attached hydrogen (secondary N) is 1. The number of thiophene rings is 1. The monoisotopic (exact) mass is 479 g/mol. The van der Waals surface area contributed by atoms with Crippen LogP contribution in [-0.4, -0.2) is 23.4 Å². The van der Waals surface area contributed by atoms with Gasteiger partial charge in [-0.2, -0.15) is 5.26 Å². The quantitative estimate of drug-likeness (QED) is 0.154. The van der Waals surface area contributed by atoms with Gasteiger partial charge >= 0.3 is 5.97 Å². The number of furan rings is 1. The van der Waals surface area contributed by atoms with Crippen molar-refractivity contribution >= 4 is 40.0 Å². The lowest BCUT2D eigenvalue weighted by Crippen LogP contribution is -2.16. The van der Waals surface area contributed by atoms with Gasteiger partial charge < -0.3 is 14.5 Å². The Kier molecular flexibility index (Phi) is 7.28. The molecular formula is C24H21N3O6S. The van der Waals surface area contributed by atoms with E-state index in [4.69, 9.17) is 9.15 Å². The van der Waals surface area contributed by atoms with Crippen molar-refractivity contribution in [2.24, 2.45) is 0 Å². The first-order chi connectivity index (χ1) is 16.2. The predicted molar refractivity (Wildman–Crippen MR) is 128 cm³/mol. The third-order valence-electron chi connectivity index (χ3n) is 5.06. The summed E-state index contributed by atoms with van der Waals surface area (Å²) in [4.78, 5) is 36.7. The van der Waals surface area contributed by atoms with Gasteiger partial charge in [0.25, 0.3) is 11.6 Å². The number of hydrogen-bond donors (Lipinski definition) is 1. The van der Waals surface area contributed by atoms with Crippen molar-refractivity contribution < 1.29 is 23.7 Å². The van der Waals surface area contributed by atoms with Crippen LogP contribution in [0.4, 0.5) is 10.7 Å². The van der Waals surface area contributed by atoms with Crippen LogP contribution in [0.3, 0.4) is 0 Å². The molecule has 0 fully saturated rings. The Bertz CT molecular complexity index is 1360. The van der Waals surface area contributed by atoms with Gasteiger partial charge in [-0.15, -0.1) is 11.3 Å². The van der Waals surface area contributed by atoms with Gasteiger partial charge in [-0.3, -0.25) is 14.9 Å². The number of esters is 1. The maximum Gasteiger partial charge on any atom is 0.341 e. The number of nitro benzene ring substituents is 1. The van der Waals surface area contributed by atoms with Crippen molar-refractivity contribution in [3.05, 3.63) is 73.3 Å². The fraction of sp³-hybridized carbons (Fsp3) is 0.208. The SMILES string of the molecule is CCOC(=O)c1c(NC(=O)/C(C#N)=C/c2ccc(-c3ccc(C)c([N+](=O)[O-])c3)o2)sc(C)c1C. The lowest BCUT2D eigenvalue weighted by atomic mass is 10.1.